The maximum atomic E-state index is 11.8. The van der Waals surface area contributed by atoms with E-state index in [1.807, 2.05) is 6.92 Å². The van der Waals surface area contributed by atoms with Crippen LogP contribution in [0.2, 0.25) is 0 Å². The molecular weight excluding hydrogens is 242 g/mol. The molecule has 19 heavy (non-hydrogen) atoms. The lowest BCUT2D eigenvalue weighted by molar-refractivity contribution is -0.124. The summed E-state index contributed by atoms with van der Waals surface area (Å²) in [5, 5.41) is 3.42. The smallest absolute Gasteiger partial charge is 0.237 e. The summed E-state index contributed by atoms with van der Waals surface area (Å²) in [6.07, 6.45) is 4.15. The number of hydrogen-bond acceptors (Lipinski definition) is 4. The summed E-state index contributed by atoms with van der Waals surface area (Å²) in [5.74, 6) is -0.239. The first kappa shape index (κ1) is 14.8. The van der Waals surface area contributed by atoms with E-state index in [0.717, 1.165) is 52.0 Å². The van der Waals surface area contributed by atoms with Gasteiger partial charge in [0.15, 0.2) is 0 Å². The number of hydrogen-bond donors (Lipinski definition) is 2. The van der Waals surface area contributed by atoms with Crippen LogP contribution in [0.15, 0.2) is 0 Å². The van der Waals surface area contributed by atoms with Gasteiger partial charge in [-0.15, -0.1) is 0 Å². The number of rotatable bonds is 6. The van der Waals surface area contributed by atoms with E-state index < -0.39 is 5.54 Å². The highest BCUT2D eigenvalue weighted by atomic mass is 16.5. The molecule has 2 fully saturated rings. The molecule has 1 aliphatic carbocycles. The maximum absolute atomic E-state index is 11.8. The first-order valence-corrected chi connectivity index (χ1v) is 7.41. The minimum Gasteiger partial charge on any atom is -0.380 e. The van der Waals surface area contributed by atoms with Crippen molar-refractivity contribution in [1.29, 1.82) is 0 Å². The van der Waals surface area contributed by atoms with Gasteiger partial charge in [0.25, 0.3) is 0 Å². The normalized spacial score (nSPS) is 26.4. The maximum Gasteiger partial charge on any atom is 0.237 e. The predicted molar refractivity (Wildman–Crippen MR) is 74.8 cm³/mol. The average Bonchev–Trinajstić information content (AvgIpc) is 3.14. The summed E-state index contributed by atoms with van der Waals surface area (Å²) in [6.45, 7) is 7.74. The molecule has 0 spiro atoms. The molecule has 2 unspecified atom stereocenters. The van der Waals surface area contributed by atoms with Crippen molar-refractivity contribution in [1.82, 2.24) is 10.2 Å². The minimum absolute atomic E-state index is 0.239. The van der Waals surface area contributed by atoms with Crippen LogP contribution < -0.4 is 11.1 Å². The topological polar surface area (TPSA) is 67.6 Å². The Morgan fingerprint density at radius 3 is 2.84 bits per heavy atom. The van der Waals surface area contributed by atoms with Crippen LogP contribution in [0.25, 0.3) is 0 Å². The van der Waals surface area contributed by atoms with Crippen LogP contribution in [0.3, 0.4) is 0 Å². The first-order valence-electron chi connectivity index (χ1n) is 7.41. The SMILES string of the molecule is CC(CC(C)(NC1CC1)C(N)=O)N1CCCOCC1. The van der Waals surface area contributed by atoms with E-state index in [4.69, 9.17) is 10.5 Å². The number of ether oxygens (including phenoxy) is 1. The van der Waals surface area contributed by atoms with Gasteiger partial charge in [0.1, 0.15) is 0 Å². The van der Waals surface area contributed by atoms with Crippen molar-refractivity contribution >= 4 is 5.91 Å². The fourth-order valence-corrected chi connectivity index (χ4v) is 2.83. The zero-order chi connectivity index (χ0) is 13.9. The third-order valence-electron chi connectivity index (χ3n) is 4.23. The molecule has 0 aromatic rings. The number of primary amides is 1. The summed E-state index contributed by atoms with van der Waals surface area (Å²) in [6, 6.07) is 0.822. The molecule has 5 heteroatoms. The van der Waals surface area contributed by atoms with Gasteiger partial charge in [-0.2, -0.15) is 0 Å². The summed E-state index contributed by atoms with van der Waals surface area (Å²) < 4.78 is 5.48. The molecule has 1 heterocycles. The summed E-state index contributed by atoms with van der Waals surface area (Å²) >= 11 is 0. The third kappa shape index (κ3) is 4.16. The summed E-state index contributed by atoms with van der Waals surface area (Å²) in [4.78, 5) is 14.2. The summed E-state index contributed by atoms with van der Waals surface area (Å²) in [5.41, 5.74) is 5.02. The molecule has 2 atom stereocenters. The molecule has 0 bridgehead atoms. The van der Waals surface area contributed by atoms with Gasteiger partial charge < -0.3 is 15.8 Å². The van der Waals surface area contributed by atoms with Crippen molar-refractivity contribution < 1.29 is 9.53 Å². The lowest BCUT2D eigenvalue weighted by Gasteiger charge is -2.35. The average molecular weight is 269 g/mol. The van der Waals surface area contributed by atoms with Crippen LogP contribution >= 0.6 is 0 Å². The standard InChI is InChI=1S/C14H27N3O2/c1-11(17-6-3-8-19-9-7-17)10-14(2,13(15)18)16-12-4-5-12/h11-12,16H,3-10H2,1-2H3,(H2,15,18). The third-order valence-corrected chi connectivity index (χ3v) is 4.23. The Labute approximate surface area is 115 Å². The zero-order valence-electron chi connectivity index (χ0n) is 12.2. The van der Waals surface area contributed by atoms with E-state index in [1.54, 1.807) is 0 Å². The van der Waals surface area contributed by atoms with Crippen molar-refractivity contribution in [2.24, 2.45) is 5.73 Å². The lowest BCUT2D eigenvalue weighted by Crippen LogP contribution is -2.57. The van der Waals surface area contributed by atoms with Gasteiger partial charge in [-0.25, -0.2) is 0 Å². The first-order chi connectivity index (χ1) is 9.01. The molecule has 1 saturated heterocycles. The van der Waals surface area contributed by atoms with Gasteiger partial charge >= 0.3 is 0 Å². The molecule has 110 valence electrons. The van der Waals surface area contributed by atoms with Crippen LogP contribution in [0, 0.1) is 0 Å². The van der Waals surface area contributed by atoms with Crippen molar-refractivity contribution in [3.05, 3.63) is 0 Å². The van der Waals surface area contributed by atoms with Gasteiger partial charge in [-0.05, 0) is 39.5 Å². The van der Waals surface area contributed by atoms with Gasteiger partial charge in [-0.3, -0.25) is 9.69 Å². The molecule has 2 rings (SSSR count). The van der Waals surface area contributed by atoms with E-state index in [1.165, 1.54) is 0 Å². The molecular formula is C14H27N3O2. The molecule has 2 aliphatic rings. The second-order valence-corrected chi connectivity index (χ2v) is 6.17. The molecule has 0 aromatic carbocycles. The summed E-state index contributed by atoms with van der Waals surface area (Å²) in [7, 11) is 0. The molecule has 5 nitrogen and oxygen atoms in total. The van der Waals surface area contributed by atoms with Crippen LogP contribution in [0.5, 0.6) is 0 Å². The highest BCUT2D eigenvalue weighted by Gasteiger charge is 2.38. The molecule has 3 N–H and O–H groups in total. The van der Waals surface area contributed by atoms with E-state index >= 15 is 0 Å². The van der Waals surface area contributed by atoms with Crippen LogP contribution in [0.4, 0.5) is 0 Å². The zero-order valence-corrected chi connectivity index (χ0v) is 12.2. The number of amides is 1. The van der Waals surface area contributed by atoms with Crippen LogP contribution in [-0.4, -0.2) is 54.7 Å². The molecule has 1 amide bonds. The van der Waals surface area contributed by atoms with Gasteiger partial charge in [-0.1, -0.05) is 0 Å². The Morgan fingerprint density at radius 1 is 1.47 bits per heavy atom. The quantitative estimate of drug-likeness (QED) is 0.736. The van der Waals surface area contributed by atoms with Gasteiger partial charge in [0.2, 0.25) is 5.91 Å². The number of nitrogens with one attached hydrogen (secondary N) is 1. The Kier molecular flexibility index (Phi) is 4.81. The van der Waals surface area contributed by atoms with Crippen molar-refractivity contribution in [2.45, 2.75) is 57.2 Å². The predicted octanol–water partition coefficient (Wildman–Crippen LogP) is 0.483. The molecule has 0 aromatic heterocycles. The van der Waals surface area contributed by atoms with E-state index in [0.29, 0.717) is 12.1 Å². The number of nitrogens with two attached hydrogens (primary N) is 1. The number of nitrogens with zero attached hydrogens (tertiary/aromatic N) is 1. The Balaban J connectivity index is 1.92. The lowest BCUT2D eigenvalue weighted by atomic mass is 9.91. The van der Waals surface area contributed by atoms with Crippen molar-refractivity contribution in [3.8, 4) is 0 Å². The fourth-order valence-electron chi connectivity index (χ4n) is 2.83. The highest BCUT2D eigenvalue weighted by molar-refractivity contribution is 5.84. The Bertz CT molecular complexity index is 312. The number of carbonyl (C=O) groups excluding carboxylic acids is 1. The Hall–Kier alpha value is -0.650. The van der Waals surface area contributed by atoms with Crippen molar-refractivity contribution in [2.75, 3.05) is 26.3 Å². The van der Waals surface area contributed by atoms with Gasteiger partial charge in [0, 0.05) is 31.8 Å². The largest absolute Gasteiger partial charge is 0.380 e. The molecule has 1 aliphatic heterocycles. The van der Waals surface area contributed by atoms with Crippen molar-refractivity contribution in [3.63, 3.8) is 0 Å². The molecule has 1 saturated carbocycles. The van der Waals surface area contributed by atoms with Crippen LogP contribution in [0.1, 0.15) is 39.5 Å². The number of carbonyl (C=O) groups is 1. The Morgan fingerprint density at radius 2 is 2.21 bits per heavy atom. The second-order valence-electron chi connectivity index (χ2n) is 6.17. The van der Waals surface area contributed by atoms with E-state index in [-0.39, 0.29) is 5.91 Å². The second kappa shape index (κ2) is 6.20. The van der Waals surface area contributed by atoms with E-state index in [9.17, 15) is 4.79 Å². The molecule has 0 radical (unpaired) electrons. The highest BCUT2D eigenvalue weighted by Crippen LogP contribution is 2.26. The van der Waals surface area contributed by atoms with E-state index in [2.05, 4.69) is 17.1 Å². The van der Waals surface area contributed by atoms with Crippen LogP contribution in [-0.2, 0) is 9.53 Å². The fraction of sp³-hybridized carbons (Fsp3) is 0.929. The van der Waals surface area contributed by atoms with Gasteiger partial charge in [0.05, 0.1) is 12.1 Å². The monoisotopic (exact) mass is 269 g/mol. The minimum atomic E-state index is -0.590.